The zero-order valence-corrected chi connectivity index (χ0v) is 26.6. The van der Waals surface area contributed by atoms with Crippen molar-refractivity contribution in [1.29, 1.82) is 0 Å². The quantitative estimate of drug-likeness (QED) is 0.124. The molecule has 0 aromatic rings. The Hall–Kier alpha value is 0.0169. The maximum absolute atomic E-state index is 6.12. The standard InChI is InChI=1S/C29H65N3O2Si/c1-10-19-30(20-11-2)25-16-29(28-35(9,33-7)34-8,17-26-31(21-12-3)22-13-4)18-27-32(23-14-5)24-15-6/h10-28H2,1-9H3. The molecule has 0 amide bonds. The van der Waals surface area contributed by atoms with Crippen molar-refractivity contribution in [2.75, 3.05) is 73.1 Å². The zero-order valence-electron chi connectivity index (χ0n) is 25.6. The fourth-order valence-electron chi connectivity index (χ4n) is 5.64. The molecule has 0 aromatic carbocycles. The van der Waals surface area contributed by atoms with Crippen LogP contribution in [0.3, 0.4) is 0 Å². The highest BCUT2D eigenvalue weighted by Gasteiger charge is 2.42. The van der Waals surface area contributed by atoms with Crippen LogP contribution in [-0.4, -0.2) is 96.4 Å². The molecule has 0 N–H and O–H groups in total. The lowest BCUT2D eigenvalue weighted by Crippen LogP contribution is -2.46. The molecule has 212 valence electrons. The minimum atomic E-state index is -2.22. The molecule has 0 saturated carbocycles. The van der Waals surface area contributed by atoms with E-state index in [0.717, 1.165) is 6.04 Å². The smallest absolute Gasteiger partial charge is 0.334 e. The largest absolute Gasteiger partial charge is 0.398 e. The third kappa shape index (κ3) is 15.1. The first kappa shape index (κ1) is 35.0. The van der Waals surface area contributed by atoms with Crippen LogP contribution >= 0.6 is 0 Å². The predicted octanol–water partition coefficient (Wildman–Crippen LogP) is 6.87. The fraction of sp³-hybridized carbons (Fsp3) is 1.00. The van der Waals surface area contributed by atoms with Crippen molar-refractivity contribution in [1.82, 2.24) is 14.7 Å². The summed E-state index contributed by atoms with van der Waals surface area (Å²) >= 11 is 0. The molecular formula is C29H65N3O2Si. The summed E-state index contributed by atoms with van der Waals surface area (Å²) in [6, 6.07) is 1.09. The summed E-state index contributed by atoms with van der Waals surface area (Å²) in [6.07, 6.45) is 11.2. The normalized spacial score (nSPS) is 13.0. The Kier molecular flexibility index (Phi) is 21.0. The first-order chi connectivity index (χ1) is 16.8. The molecule has 5 nitrogen and oxygen atoms in total. The van der Waals surface area contributed by atoms with Gasteiger partial charge < -0.3 is 23.6 Å². The molecule has 0 spiro atoms. The van der Waals surface area contributed by atoms with Gasteiger partial charge >= 0.3 is 8.56 Å². The molecule has 0 fully saturated rings. The monoisotopic (exact) mass is 515 g/mol. The van der Waals surface area contributed by atoms with E-state index in [2.05, 4.69) is 62.8 Å². The van der Waals surface area contributed by atoms with Crippen LogP contribution < -0.4 is 0 Å². The maximum Gasteiger partial charge on any atom is 0.334 e. The van der Waals surface area contributed by atoms with E-state index >= 15 is 0 Å². The summed E-state index contributed by atoms with van der Waals surface area (Å²) < 4.78 is 12.2. The molecule has 0 saturated heterocycles. The average Bonchev–Trinajstić information content (AvgIpc) is 2.85. The van der Waals surface area contributed by atoms with Gasteiger partial charge in [-0.15, -0.1) is 0 Å². The molecule has 35 heavy (non-hydrogen) atoms. The highest BCUT2D eigenvalue weighted by atomic mass is 28.4. The van der Waals surface area contributed by atoms with E-state index in [1.54, 1.807) is 0 Å². The van der Waals surface area contributed by atoms with Crippen LogP contribution in [0.1, 0.15) is 99.3 Å². The molecule has 0 aliphatic carbocycles. The molecule has 6 heteroatoms. The molecule has 0 radical (unpaired) electrons. The third-order valence-corrected chi connectivity index (χ3v) is 10.8. The fourth-order valence-corrected chi connectivity index (χ4v) is 7.99. The van der Waals surface area contributed by atoms with Crippen molar-refractivity contribution in [3.63, 3.8) is 0 Å². The lowest BCUT2D eigenvalue weighted by Gasteiger charge is -2.42. The van der Waals surface area contributed by atoms with E-state index in [0.29, 0.717) is 0 Å². The van der Waals surface area contributed by atoms with E-state index in [9.17, 15) is 0 Å². The Morgan fingerprint density at radius 2 is 0.743 bits per heavy atom. The first-order valence-corrected chi connectivity index (χ1v) is 17.6. The van der Waals surface area contributed by atoms with Gasteiger partial charge in [0.15, 0.2) is 0 Å². The lowest BCUT2D eigenvalue weighted by molar-refractivity contribution is 0.120. The van der Waals surface area contributed by atoms with Crippen LogP contribution in [0, 0.1) is 5.41 Å². The van der Waals surface area contributed by atoms with Gasteiger partial charge in [-0.25, -0.2) is 0 Å². The van der Waals surface area contributed by atoms with Crippen molar-refractivity contribution < 1.29 is 8.85 Å². The molecule has 0 aliphatic rings. The van der Waals surface area contributed by atoms with Gasteiger partial charge in [0, 0.05) is 14.2 Å². The van der Waals surface area contributed by atoms with Crippen LogP contribution in [0.25, 0.3) is 0 Å². The first-order valence-electron chi connectivity index (χ1n) is 15.1. The predicted molar refractivity (Wildman–Crippen MR) is 158 cm³/mol. The van der Waals surface area contributed by atoms with Crippen LogP contribution in [0.15, 0.2) is 0 Å². The summed E-state index contributed by atoms with van der Waals surface area (Å²) in [7, 11) is 1.54. The van der Waals surface area contributed by atoms with Crippen LogP contribution in [0.4, 0.5) is 0 Å². The van der Waals surface area contributed by atoms with E-state index in [-0.39, 0.29) is 5.41 Å². The molecule has 0 rings (SSSR count). The second-order valence-corrected chi connectivity index (χ2v) is 14.4. The molecule has 0 bridgehead atoms. The van der Waals surface area contributed by atoms with Gasteiger partial charge in [0.25, 0.3) is 0 Å². The molecule has 0 heterocycles. The maximum atomic E-state index is 6.12. The number of nitrogens with zero attached hydrogens (tertiary/aromatic N) is 3. The van der Waals surface area contributed by atoms with Gasteiger partial charge in [0.2, 0.25) is 0 Å². The second-order valence-electron chi connectivity index (χ2n) is 11.0. The third-order valence-electron chi connectivity index (χ3n) is 7.67. The van der Waals surface area contributed by atoms with E-state index in [4.69, 9.17) is 8.85 Å². The van der Waals surface area contributed by atoms with E-state index < -0.39 is 8.56 Å². The zero-order chi connectivity index (χ0) is 26.6. The Labute approximate surface area is 222 Å². The number of rotatable bonds is 25. The number of hydrogen-bond acceptors (Lipinski definition) is 5. The van der Waals surface area contributed by atoms with E-state index in [1.807, 2.05) is 14.2 Å². The SMILES string of the molecule is CCCN(CCC)CCC(CCN(CCC)CCC)(CCN(CCC)CCC)C[Si](C)(OC)OC. The van der Waals surface area contributed by atoms with Crippen molar-refractivity contribution >= 4 is 8.56 Å². The summed E-state index contributed by atoms with van der Waals surface area (Å²) in [5, 5.41) is 0. The summed E-state index contributed by atoms with van der Waals surface area (Å²) in [4.78, 5) is 8.12. The molecule has 0 unspecified atom stereocenters. The van der Waals surface area contributed by atoms with Gasteiger partial charge in [-0.2, -0.15) is 0 Å². The highest BCUT2D eigenvalue weighted by molar-refractivity contribution is 6.66. The molecule has 0 atom stereocenters. The highest BCUT2D eigenvalue weighted by Crippen LogP contribution is 2.41. The van der Waals surface area contributed by atoms with Gasteiger partial charge in [-0.1, -0.05) is 41.5 Å². The van der Waals surface area contributed by atoms with Crippen molar-refractivity contribution in [3.05, 3.63) is 0 Å². The second kappa shape index (κ2) is 21.0. The Morgan fingerprint density at radius 1 is 0.486 bits per heavy atom. The van der Waals surface area contributed by atoms with Crippen molar-refractivity contribution in [2.24, 2.45) is 5.41 Å². The van der Waals surface area contributed by atoms with Crippen molar-refractivity contribution in [3.8, 4) is 0 Å². The summed E-state index contributed by atoms with van der Waals surface area (Å²) in [6.45, 7) is 27.0. The van der Waals surface area contributed by atoms with Crippen LogP contribution in [0.2, 0.25) is 12.6 Å². The van der Waals surface area contributed by atoms with Crippen LogP contribution in [-0.2, 0) is 8.85 Å². The number of hydrogen-bond donors (Lipinski definition) is 0. The minimum Gasteiger partial charge on any atom is -0.398 e. The topological polar surface area (TPSA) is 28.2 Å². The summed E-state index contributed by atoms with van der Waals surface area (Å²) in [5.74, 6) is 0. The van der Waals surface area contributed by atoms with Gasteiger partial charge in [0.1, 0.15) is 0 Å². The van der Waals surface area contributed by atoms with Crippen molar-refractivity contribution in [2.45, 2.75) is 112 Å². The minimum absolute atomic E-state index is 0.256. The Balaban J connectivity index is 6.01. The molecular weight excluding hydrogens is 450 g/mol. The lowest BCUT2D eigenvalue weighted by atomic mass is 9.79. The van der Waals surface area contributed by atoms with Gasteiger partial charge in [-0.3, -0.25) is 0 Å². The van der Waals surface area contributed by atoms with Gasteiger partial charge in [0.05, 0.1) is 0 Å². The molecule has 0 aromatic heterocycles. The Morgan fingerprint density at radius 3 is 0.943 bits per heavy atom. The van der Waals surface area contributed by atoms with Gasteiger partial charge in [-0.05, 0) is 135 Å². The van der Waals surface area contributed by atoms with E-state index in [1.165, 1.54) is 117 Å². The summed E-state index contributed by atoms with van der Waals surface area (Å²) in [5.41, 5.74) is 0.256. The molecule has 0 aliphatic heterocycles. The van der Waals surface area contributed by atoms with Crippen LogP contribution in [0.5, 0.6) is 0 Å². The Bertz CT molecular complexity index is 409. The average molecular weight is 516 g/mol.